The molecule has 1 aromatic heterocycles. The number of halogens is 5. The van der Waals surface area contributed by atoms with Crippen LogP contribution in [0.5, 0.6) is 5.88 Å². The number of methoxy groups -OCH3 is 1. The van der Waals surface area contributed by atoms with Crippen molar-refractivity contribution in [1.82, 2.24) is 4.98 Å². The van der Waals surface area contributed by atoms with Crippen molar-refractivity contribution in [2.45, 2.75) is 19.5 Å². The molecule has 0 amide bonds. The first-order valence-corrected chi connectivity index (χ1v) is 4.18. The van der Waals surface area contributed by atoms with E-state index in [9.17, 15) is 22.0 Å². The number of hydrogen-bond acceptors (Lipinski definition) is 2. The van der Waals surface area contributed by atoms with Crippen LogP contribution in [0.1, 0.15) is 23.2 Å². The van der Waals surface area contributed by atoms with Gasteiger partial charge in [-0.3, -0.25) is 0 Å². The second-order valence-corrected chi connectivity index (χ2v) is 3.04. The zero-order chi connectivity index (χ0) is 12.5. The van der Waals surface area contributed by atoms with E-state index >= 15 is 0 Å². The van der Waals surface area contributed by atoms with E-state index in [-0.39, 0.29) is 5.69 Å². The lowest BCUT2D eigenvalue weighted by atomic mass is 10.1. The summed E-state index contributed by atoms with van der Waals surface area (Å²) in [6, 6.07) is 0.704. The number of hydrogen-bond donors (Lipinski definition) is 0. The van der Waals surface area contributed by atoms with Gasteiger partial charge < -0.3 is 4.74 Å². The van der Waals surface area contributed by atoms with Crippen molar-refractivity contribution in [3.8, 4) is 5.88 Å². The minimum absolute atomic E-state index is 0.0418. The molecule has 0 unspecified atom stereocenters. The van der Waals surface area contributed by atoms with Gasteiger partial charge >= 0.3 is 6.18 Å². The van der Waals surface area contributed by atoms with Crippen LogP contribution in [0.25, 0.3) is 0 Å². The number of alkyl halides is 5. The maximum Gasteiger partial charge on any atom is 0.422 e. The van der Waals surface area contributed by atoms with E-state index in [1.54, 1.807) is 0 Å². The van der Waals surface area contributed by atoms with Crippen LogP contribution in [0.15, 0.2) is 6.07 Å². The molecule has 2 nitrogen and oxygen atoms in total. The van der Waals surface area contributed by atoms with Crippen LogP contribution in [-0.2, 0) is 6.18 Å². The molecular formula is C9H8F5NO. The minimum Gasteiger partial charge on any atom is -0.481 e. The molecular weight excluding hydrogens is 233 g/mol. The summed E-state index contributed by atoms with van der Waals surface area (Å²) in [6.45, 7) is 1.31. The number of aromatic nitrogens is 1. The fourth-order valence-corrected chi connectivity index (χ4v) is 1.27. The summed E-state index contributed by atoms with van der Waals surface area (Å²) in [5, 5.41) is 0. The molecule has 0 aromatic carbocycles. The average molecular weight is 241 g/mol. The molecule has 1 heterocycles. The van der Waals surface area contributed by atoms with Crippen molar-refractivity contribution >= 4 is 0 Å². The number of ether oxygens (including phenoxy) is 1. The third-order valence-electron chi connectivity index (χ3n) is 1.86. The predicted molar refractivity (Wildman–Crippen MR) is 45.5 cm³/mol. The van der Waals surface area contributed by atoms with Gasteiger partial charge in [-0.15, -0.1) is 0 Å². The lowest BCUT2D eigenvalue weighted by molar-refractivity contribution is -0.141. The van der Waals surface area contributed by atoms with Gasteiger partial charge in [0.15, 0.2) is 0 Å². The largest absolute Gasteiger partial charge is 0.481 e. The molecule has 0 spiro atoms. The zero-order valence-electron chi connectivity index (χ0n) is 8.40. The third-order valence-corrected chi connectivity index (χ3v) is 1.86. The Morgan fingerprint density at radius 2 is 1.88 bits per heavy atom. The summed E-state index contributed by atoms with van der Waals surface area (Å²) >= 11 is 0. The molecule has 16 heavy (non-hydrogen) atoms. The number of nitrogens with zero attached hydrogens (tertiary/aromatic N) is 1. The van der Waals surface area contributed by atoms with E-state index in [1.807, 2.05) is 0 Å². The number of pyridine rings is 1. The highest BCUT2D eigenvalue weighted by Gasteiger charge is 2.40. The van der Waals surface area contributed by atoms with E-state index in [2.05, 4.69) is 9.72 Å². The van der Waals surface area contributed by atoms with Gasteiger partial charge in [0.2, 0.25) is 5.88 Å². The van der Waals surface area contributed by atoms with Crippen molar-refractivity contribution in [3.05, 3.63) is 22.9 Å². The van der Waals surface area contributed by atoms with Gasteiger partial charge in [0, 0.05) is 11.3 Å². The Kier molecular flexibility index (Phi) is 3.35. The van der Waals surface area contributed by atoms with Crippen LogP contribution in [-0.4, -0.2) is 12.1 Å². The molecule has 0 saturated carbocycles. The molecule has 0 atom stereocenters. The molecule has 1 rings (SSSR count). The fourth-order valence-electron chi connectivity index (χ4n) is 1.27. The monoisotopic (exact) mass is 241 g/mol. The average Bonchev–Trinajstić information content (AvgIpc) is 2.14. The van der Waals surface area contributed by atoms with Crippen molar-refractivity contribution in [1.29, 1.82) is 0 Å². The lowest BCUT2D eigenvalue weighted by Crippen LogP contribution is -2.13. The van der Waals surface area contributed by atoms with Crippen LogP contribution in [0, 0.1) is 6.92 Å². The molecule has 0 radical (unpaired) electrons. The molecule has 0 aliphatic rings. The highest BCUT2D eigenvalue weighted by Crippen LogP contribution is 2.41. The van der Waals surface area contributed by atoms with Gasteiger partial charge in [0.05, 0.1) is 7.11 Å². The topological polar surface area (TPSA) is 22.1 Å². The summed E-state index contributed by atoms with van der Waals surface area (Å²) in [4.78, 5) is 3.43. The summed E-state index contributed by atoms with van der Waals surface area (Å²) < 4.78 is 66.9. The lowest BCUT2D eigenvalue weighted by Gasteiger charge is -2.15. The van der Waals surface area contributed by atoms with Crippen molar-refractivity contribution < 1.29 is 26.7 Å². The Labute approximate surface area is 88.1 Å². The second-order valence-electron chi connectivity index (χ2n) is 3.04. The molecule has 90 valence electrons. The molecule has 1 aromatic rings. The van der Waals surface area contributed by atoms with E-state index < -0.39 is 29.6 Å². The Hall–Kier alpha value is -1.40. The Balaban J connectivity index is 3.52. The van der Waals surface area contributed by atoms with E-state index in [4.69, 9.17) is 0 Å². The Morgan fingerprint density at radius 3 is 2.25 bits per heavy atom. The maximum absolute atomic E-state index is 12.5. The fraction of sp³-hybridized carbons (Fsp3) is 0.444. The summed E-state index contributed by atoms with van der Waals surface area (Å²) in [6.07, 6.45) is -8.15. The van der Waals surface area contributed by atoms with Crippen molar-refractivity contribution in [3.63, 3.8) is 0 Å². The molecule has 0 saturated heterocycles. The third kappa shape index (κ3) is 2.40. The highest BCUT2D eigenvalue weighted by molar-refractivity contribution is 5.39. The normalized spacial score (nSPS) is 12.0. The van der Waals surface area contributed by atoms with Gasteiger partial charge in [-0.1, -0.05) is 0 Å². The van der Waals surface area contributed by atoms with Gasteiger partial charge in [-0.25, -0.2) is 13.8 Å². The van der Waals surface area contributed by atoms with E-state index in [0.717, 1.165) is 7.11 Å². The summed E-state index contributed by atoms with van der Waals surface area (Å²) in [5.74, 6) is -0.831. The predicted octanol–water partition coefficient (Wildman–Crippen LogP) is 3.36. The molecule has 0 bridgehead atoms. The number of rotatable bonds is 2. The van der Waals surface area contributed by atoms with Crippen molar-refractivity contribution in [2.24, 2.45) is 0 Å². The van der Waals surface area contributed by atoms with Gasteiger partial charge in [-0.2, -0.15) is 13.2 Å². The van der Waals surface area contributed by atoms with Gasteiger partial charge in [0.1, 0.15) is 5.56 Å². The van der Waals surface area contributed by atoms with E-state index in [1.165, 1.54) is 6.92 Å². The zero-order valence-corrected chi connectivity index (χ0v) is 8.40. The molecule has 7 heteroatoms. The molecule has 0 N–H and O–H groups in total. The van der Waals surface area contributed by atoms with Crippen LogP contribution in [0.2, 0.25) is 0 Å². The van der Waals surface area contributed by atoms with Gasteiger partial charge in [-0.05, 0) is 13.0 Å². The first kappa shape index (κ1) is 12.7. The van der Waals surface area contributed by atoms with Gasteiger partial charge in [0.25, 0.3) is 6.43 Å². The molecule has 0 fully saturated rings. The standard InChI is InChI=1S/C9H8F5NO/c1-4-3-5(7(10)11)6(9(12,13)14)8(15-4)16-2/h3,7H,1-2H3. The quantitative estimate of drug-likeness (QED) is 0.740. The summed E-state index contributed by atoms with van der Waals surface area (Å²) in [5.41, 5.74) is -2.59. The Bertz CT molecular complexity index is 388. The smallest absolute Gasteiger partial charge is 0.422 e. The SMILES string of the molecule is COc1nc(C)cc(C(F)F)c1C(F)(F)F. The first-order chi connectivity index (χ1) is 7.27. The highest BCUT2D eigenvalue weighted by atomic mass is 19.4. The number of aryl methyl sites for hydroxylation is 1. The first-order valence-electron chi connectivity index (χ1n) is 4.18. The van der Waals surface area contributed by atoms with E-state index in [0.29, 0.717) is 6.07 Å². The summed E-state index contributed by atoms with van der Waals surface area (Å²) in [7, 11) is 0.951. The molecule has 0 aliphatic carbocycles. The second kappa shape index (κ2) is 4.23. The van der Waals surface area contributed by atoms with Crippen LogP contribution >= 0.6 is 0 Å². The minimum atomic E-state index is -4.92. The van der Waals surface area contributed by atoms with Crippen molar-refractivity contribution in [2.75, 3.05) is 7.11 Å². The Morgan fingerprint density at radius 1 is 1.31 bits per heavy atom. The van der Waals surface area contributed by atoms with Crippen LogP contribution < -0.4 is 4.74 Å². The molecule has 0 aliphatic heterocycles. The van der Waals surface area contributed by atoms with Crippen LogP contribution in [0.4, 0.5) is 22.0 Å². The van der Waals surface area contributed by atoms with Crippen LogP contribution in [0.3, 0.4) is 0 Å². The maximum atomic E-state index is 12.5.